The number of esters is 3. The van der Waals surface area contributed by atoms with Crippen LogP contribution in [0.1, 0.15) is 271 Å². The van der Waals surface area contributed by atoms with Crippen LogP contribution in [-0.2, 0) is 28.6 Å². The molecule has 0 amide bonds. The quantitative estimate of drug-likeness (QED) is 0.0262. The van der Waals surface area contributed by atoms with Crippen LogP contribution in [0.15, 0.2) is 85.1 Å². The van der Waals surface area contributed by atoms with Gasteiger partial charge >= 0.3 is 17.9 Å². The van der Waals surface area contributed by atoms with Crippen molar-refractivity contribution >= 4 is 17.9 Å². The largest absolute Gasteiger partial charge is 0.462 e. The highest BCUT2D eigenvalue weighted by Gasteiger charge is 2.19. The van der Waals surface area contributed by atoms with Gasteiger partial charge in [-0.2, -0.15) is 0 Å². The molecule has 0 N–H and O–H groups in total. The first-order valence-electron chi connectivity index (χ1n) is 28.6. The topological polar surface area (TPSA) is 78.9 Å². The molecule has 6 heteroatoms. The average Bonchev–Trinajstić information content (AvgIpc) is 3.34. The van der Waals surface area contributed by atoms with Crippen molar-refractivity contribution in [3.05, 3.63) is 85.1 Å². The molecule has 0 bridgehead atoms. The van der Waals surface area contributed by atoms with Crippen LogP contribution in [0.2, 0.25) is 0 Å². The molecule has 0 saturated carbocycles. The zero-order valence-electron chi connectivity index (χ0n) is 44.6. The Labute approximate surface area is 420 Å². The molecule has 68 heavy (non-hydrogen) atoms. The van der Waals surface area contributed by atoms with Crippen molar-refractivity contribution in [3.63, 3.8) is 0 Å². The van der Waals surface area contributed by atoms with Gasteiger partial charge in [0.15, 0.2) is 6.10 Å². The molecule has 0 aliphatic carbocycles. The Bertz CT molecular complexity index is 1320. The lowest BCUT2D eigenvalue weighted by Gasteiger charge is -2.18. The number of rotatable bonds is 51. The van der Waals surface area contributed by atoms with Crippen molar-refractivity contribution in [1.82, 2.24) is 0 Å². The van der Waals surface area contributed by atoms with E-state index in [1.807, 2.05) is 0 Å². The predicted octanol–water partition coefficient (Wildman–Crippen LogP) is 19.2. The standard InChI is InChI=1S/C62H106O6/c1-4-7-10-13-16-19-22-25-27-28-29-30-31-32-33-34-36-37-40-43-46-49-52-55-61(64)67-58-59(57-66-60(63)54-51-48-45-42-39-24-21-18-15-12-9-6-3)68-62(65)56-53-50-47-44-41-38-35-26-23-20-17-14-11-8-5-2/h7,10,16-21,25-27,29-30,35,59H,4-6,8-9,11-15,22-24,28,31-34,36-58H2,1-3H3/b10-7-,19-16-,20-17-,21-18-,27-25-,30-29-,35-26-. The third kappa shape index (κ3) is 53.5. The lowest BCUT2D eigenvalue weighted by Crippen LogP contribution is -2.30. The summed E-state index contributed by atoms with van der Waals surface area (Å²) in [5.74, 6) is -0.910. The zero-order valence-corrected chi connectivity index (χ0v) is 44.6. The minimum atomic E-state index is -0.789. The molecular formula is C62H106O6. The SMILES string of the molecule is CC/C=C\C/C=C\C/C=C\C/C=C\CCCCCCCCCCCCC(=O)OCC(COC(=O)CCCCCCC/C=C\CCCCC)OC(=O)CCCCCCC/C=C\C/C=C\CCCCC. The van der Waals surface area contributed by atoms with Gasteiger partial charge in [0, 0.05) is 19.3 Å². The first-order chi connectivity index (χ1) is 33.5. The van der Waals surface area contributed by atoms with E-state index in [1.165, 1.54) is 116 Å². The van der Waals surface area contributed by atoms with Gasteiger partial charge in [0.25, 0.3) is 0 Å². The highest BCUT2D eigenvalue weighted by atomic mass is 16.6. The molecule has 0 rings (SSSR count). The second kappa shape index (κ2) is 56.2. The Morgan fingerprint density at radius 3 is 0.912 bits per heavy atom. The smallest absolute Gasteiger partial charge is 0.306 e. The second-order valence-electron chi connectivity index (χ2n) is 18.8. The third-order valence-electron chi connectivity index (χ3n) is 12.1. The summed E-state index contributed by atoms with van der Waals surface area (Å²) in [7, 11) is 0. The number of allylic oxidation sites excluding steroid dienone is 14. The van der Waals surface area contributed by atoms with E-state index in [9.17, 15) is 14.4 Å². The lowest BCUT2D eigenvalue weighted by molar-refractivity contribution is -0.167. The van der Waals surface area contributed by atoms with E-state index in [1.54, 1.807) is 0 Å². The van der Waals surface area contributed by atoms with Crippen LogP contribution in [0, 0.1) is 0 Å². The maximum atomic E-state index is 12.8. The van der Waals surface area contributed by atoms with Crippen molar-refractivity contribution < 1.29 is 28.6 Å². The number of unbranched alkanes of at least 4 members (excludes halogenated alkanes) is 26. The van der Waals surface area contributed by atoms with Crippen LogP contribution in [0.4, 0.5) is 0 Å². The summed E-state index contributed by atoms with van der Waals surface area (Å²) in [4.78, 5) is 38.1. The molecule has 0 aliphatic heterocycles. The van der Waals surface area contributed by atoms with E-state index >= 15 is 0 Å². The number of carbonyl (C=O) groups excluding carboxylic acids is 3. The van der Waals surface area contributed by atoms with Gasteiger partial charge in [-0.25, -0.2) is 0 Å². The van der Waals surface area contributed by atoms with E-state index in [0.29, 0.717) is 19.3 Å². The van der Waals surface area contributed by atoms with Crippen LogP contribution in [0.25, 0.3) is 0 Å². The minimum absolute atomic E-state index is 0.0868. The van der Waals surface area contributed by atoms with Crippen molar-refractivity contribution in [3.8, 4) is 0 Å². The first-order valence-corrected chi connectivity index (χ1v) is 28.6. The van der Waals surface area contributed by atoms with Gasteiger partial charge in [0.1, 0.15) is 13.2 Å². The summed E-state index contributed by atoms with van der Waals surface area (Å²) in [5, 5.41) is 0. The molecular weight excluding hydrogens is 841 g/mol. The molecule has 0 heterocycles. The third-order valence-corrected chi connectivity index (χ3v) is 12.1. The van der Waals surface area contributed by atoms with Gasteiger partial charge in [-0.1, -0.05) is 221 Å². The van der Waals surface area contributed by atoms with Gasteiger partial charge in [-0.15, -0.1) is 0 Å². The molecule has 1 atom stereocenters. The van der Waals surface area contributed by atoms with E-state index in [2.05, 4.69) is 106 Å². The first kappa shape index (κ1) is 64.6. The molecule has 0 radical (unpaired) electrons. The number of hydrogen-bond donors (Lipinski definition) is 0. The summed E-state index contributed by atoms with van der Waals surface area (Å²) in [6, 6.07) is 0. The van der Waals surface area contributed by atoms with Crippen molar-refractivity contribution in [2.24, 2.45) is 0 Å². The molecule has 390 valence electrons. The van der Waals surface area contributed by atoms with Crippen molar-refractivity contribution in [2.45, 2.75) is 277 Å². The molecule has 0 fully saturated rings. The molecule has 1 unspecified atom stereocenters. The Balaban J connectivity index is 4.34. The van der Waals surface area contributed by atoms with Gasteiger partial charge < -0.3 is 14.2 Å². The maximum Gasteiger partial charge on any atom is 0.306 e. The fourth-order valence-corrected chi connectivity index (χ4v) is 7.81. The Morgan fingerprint density at radius 2 is 0.574 bits per heavy atom. The Kier molecular flexibility index (Phi) is 53.4. The fourth-order valence-electron chi connectivity index (χ4n) is 7.81. The van der Waals surface area contributed by atoms with Crippen molar-refractivity contribution in [2.75, 3.05) is 13.2 Å². The van der Waals surface area contributed by atoms with Crippen LogP contribution in [0.3, 0.4) is 0 Å². The second-order valence-corrected chi connectivity index (χ2v) is 18.8. The lowest BCUT2D eigenvalue weighted by atomic mass is 10.1. The van der Waals surface area contributed by atoms with Gasteiger partial charge in [0.2, 0.25) is 0 Å². The summed E-state index contributed by atoms with van der Waals surface area (Å²) in [5.41, 5.74) is 0. The molecule has 0 aliphatic rings. The number of hydrogen-bond acceptors (Lipinski definition) is 6. The van der Waals surface area contributed by atoms with Gasteiger partial charge in [-0.05, 0) is 116 Å². The van der Waals surface area contributed by atoms with Gasteiger partial charge in [-0.3, -0.25) is 14.4 Å². The Morgan fingerprint density at radius 1 is 0.309 bits per heavy atom. The minimum Gasteiger partial charge on any atom is -0.462 e. The molecule has 6 nitrogen and oxygen atoms in total. The van der Waals surface area contributed by atoms with E-state index < -0.39 is 6.10 Å². The fraction of sp³-hybridized carbons (Fsp3) is 0.726. The monoisotopic (exact) mass is 947 g/mol. The summed E-state index contributed by atoms with van der Waals surface area (Å²) in [6.07, 6.45) is 72.8. The van der Waals surface area contributed by atoms with Crippen LogP contribution in [0.5, 0.6) is 0 Å². The summed E-state index contributed by atoms with van der Waals surface area (Å²) >= 11 is 0. The van der Waals surface area contributed by atoms with Gasteiger partial charge in [0.05, 0.1) is 0 Å². The molecule has 0 aromatic carbocycles. The van der Waals surface area contributed by atoms with Crippen molar-refractivity contribution in [1.29, 1.82) is 0 Å². The predicted molar refractivity (Wildman–Crippen MR) is 293 cm³/mol. The number of carbonyl (C=O) groups is 3. The van der Waals surface area contributed by atoms with E-state index in [-0.39, 0.29) is 31.1 Å². The maximum absolute atomic E-state index is 12.8. The summed E-state index contributed by atoms with van der Waals surface area (Å²) < 4.78 is 16.8. The molecule has 0 aromatic rings. The van der Waals surface area contributed by atoms with Crippen LogP contribution < -0.4 is 0 Å². The normalized spacial score (nSPS) is 12.7. The molecule has 0 spiro atoms. The Hall–Kier alpha value is -3.41. The number of ether oxygens (including phenoxy) is 3. The highest BCUT2D eigenvalue weighted by Crippen LogP contribution is 2.15. The molecule has 0 aromatic heterocycles. The highest BCUT2D eigenvalue weighted by molar-refractivity contribution is 5.71. The molecule has 0 saturated heterocycles. The zero-order chi connectivity index (χ0) is 49.3. The van der Waals surface area contributed by atoms with E-state index in [4.69, 9.17) is 14.2 Å². The van der Waals surface area contributed by atoms with E-state index in [0.717, 1.165) is 116 Å². The van der Waals surface area contributed by atoms with Crippen LogP contribution >= 0.6 is 0 Å². The summed E-state index contributed by atoms with van der Waals surface area (Å²) in [6.45, 7) is 6.46. The van der Waals surface area contributed by atoms with Crippen LogP contribution in [-0.4, -0.2) is 37.2 Å². The average molecular weight is 948 g/mol.